The standard InChI is InChI=1S/C18H24N2O4/c1-12-4-5-15(13(2)10-12)17(22)19(3)11-16(21)20-8-6-14(7-9-20)18(23)24/h4-5,10,14H,6-9,11H2,1-3H3,(H,23,24). The average Bonchev–Trinajstić information content (AvgIpc) is 2.54. The number of likely N-dealkylation sites (tertiary alicyclic amines) is 1. The first kappa shape index (κ1) is 18.0. The Morgan fingerprint density at radius 3 is 2.38 bits per heavy atom. The quantitative estimate of drug-likeness (QED) is 0.910. The van der Waals surface area contributed by atoms with Crippen molar-refractivity contribution in [2.75, 3.05) is 26.7 Å². The Morgan fingerprint density at radius 1 is 1.21 bits per heavy atom. The van der Waals surface area contributed by atoms with Gasteiger partial charge in [-0.2, -0.15) is 0 Å². The highest BCUT2D eigenvalue weighted by Gasteiger charge is 2.28. The Labute approximate surface area is 142 Å². The van der Waals surface area contributed by atoms with Gasteiger partial charge >= 0.3 is 5.97 Å². The molecule has 1 N–H and O–H groups in total. The number of benzene rings is 1. The van der Waals surface area contributed by atoms with Gasteiger partial charge in [-0.3, -0.25) is 14.4 Å². The van der Waals surface area contributed by atoms with Gasteiger partial charge in [0.05, 0.1) is 12.5 Å². The van der Waals surface area contributed by atoms with Crippen molar-refractivity contribution in [3.63, 3.8) is 0 Å². The predicted octanol–water partition coefficient (Wildman–Crippen LogP) is 1.70. The second kappa shape index (κ2) is 7.47. The van der Waals surface area contributed by atoms with E-state index in [-0.39, 0.29) is 24.3 Å². The smallest absolute Gasteiger partial charge is 0.306 e. The Kier molecular flexibility index (Phi) is 5.59. The van der Waals surface area contributed by atoms with Crippen LogP contribution >= 0.6 is 0 Å². The van der Waals surface area contributed by atoms with Crippen LogP contribution in [0.15, 0.2) is 18.2 Å². The second-order valence-corrected chi connectivity index (χ2v) is 6.47. The van der Waals surface area contributed by atoms with Crippen molar-refractivity contribution in [3.8, 4) is 0 Å². The molecule has 1 aromatic carbocycles. The van der Waals surface area contributed by atoms with E-state index >= 15 is 0 Å². The van der Waals surface area contributed by atoms with Gasteiger partial charge in [0, 0.05) is 25.7 Å². The highest BCUT2D eigenvalue weighted by Crippen LogP contribution is 2.18. The molecule has 0 bridgehead atoms. The van der Waals surface area contributed by atoms with E-state index in [1.54, 1.807) is 18.0 Å². The van der Waals surface area contributed by atoms with Gasteiger partial charge in [0.1, 0.15) is 0 Å². The van der Waals surface area contributed by atoms with Crippen molar-refractivity contribution in [3.05, 3.63) is 34.9 Å². The molecule has 0 saturated carbocycles. The Balaban J connectivity index is 1.94. The van der Waals surface area contributed by atoms with Crippen LogP contribution in [-0.4, -0.2) is 59.4 Å². The molecule has 2 amide bonds. The minimum Gasteiger partial charge on any atom is -0.481 e. The first-order valence-corrected chi connectivity index (χ1v) is 8.13. The average molecular weight is 332 g/mol. The number of nitrogens with zero attached hydrogens (tertiary/aromatic N) is 2. The van der Waals surface area contributed by atoms with Crippen LogP contribution in [0.25, 0.3) is 0 Å². The molecule has 0 aliphatic carbocycles. The highest BCUT2D eigenvalue weighted by atomic mass is 16.4. The van der Waals surface area contributed by atoms with E-state index in [9.17, 15) is 14.4 Å². The highest BCUT2D eigenvalue weighted by molar-refractivity contribution is 5.97. The first-order valence-electron chi connectivity index (χ1n) is 8.13. The van der Waals surface area contributed by atoms with Crippen molar-refractivity contribution < 1.29 is 19.5 Å². The molecule has 130 valence electrons. The van der Waals surface area contributed by atoms with E-state index in [4.69, 9.17) is 5.11 Å². The molecular weight excluding hydrogens is 308 g/mol. The number of rotatable bonds is 4. The molecule has 1 heterocycles. The lowest BCUT2D eigenvalue weighted by Gasteiger charge is -2.31. The van der Waals surface area contributed by atoms with Crippen molar-refractivity contribution in [1.29, 1.82) is 0 Å². The monoisotopic (exact) mass is 332 g/mol. The molecule has 0 spiro atoms. The summed E-state index contributed by atoms with van der Waals surface area (Å²) in [5.41, 5.74) is 2.58. The van der Waals surface area contributed by atoms with Gasteiger partial charge in [0.15, 0.2) is 0 Å². The van der Waals surface area contributed by atoms with E-state index in [1.165, 1.54) is 4.90 Å². The second-order valence-electron chi connectivity index (χ2n) is 6.47. The van der Waals surface area contributed by atoms with Gasteiger partial charge in [-0.05, 0) is 38.3 Å². The third kappa shape index (κ3) is 4.13. The number of carboxylic acids is 1. The molecule has 1 aliphatic rings. The minimum absolute atomic E-state index is 0.00386. The van der Waals surface area contributed by atoms with E-state index in [2.05, 4.69) is 0 Å². The van der Waals surface area contributed by atoms with Gasteiger partial charge in [-0.25, -0.2) is 0 Å². The molecule has 24 heavy (non-hydrogen) atoms. The maximum Gasteiger partial charge on any atom is 0.306 e. The topological polar surface area (TPSA) is 77.9 Å². The number of hydrogen-bond acceptors (Lipinski definition) is 3. The number of piperidine rings is 1. The van der Waals surface area contributed by atoms with Crippen LogP contribution in [0, 0.1) is 19.8 Å². The van der Waals surface area contributed by atoms with Gasteiger partial charge in [-0.1, -0.05) is 17.7 Å². The summed E-state index contributed by atoms with van der Waals surface area (Å²) in [7, 11) is 1.61. The number of hydrogen-bond donors (Lipinski definition) is 1. The molecule has 2 rings (SSSR count). The van der Waals surface area contributed by atoms with Crippen molar-refractivity contribution in [2.24, 2.45) is 5.92 Å². The normalized spacial score (nSPS) is 15.2. The van der Waals surface area contributed by atoms with Gasteiger partial charge in [0.2, 0.25) is 5.91 Å². The fourth-order valence-corrected chi connectivity index (χ4v) is 3.01. The Morgan fingerprint density at radius 2 is 1.83 bits per heavy atom. The Hall–Kier alpha value is -2.37. The summed E-state index contributed by atoms with van der Waals surface area (Å²) >= 11 is 0. The molecule has 1 aliphatic heterocycles. The lowest BCUT2D eigenvalue weighted by Crippen LogP contribution is -2.45. The van der Waals surface area contributed by atoms with Crippen LogP contribution in [0.3, 0.4) is 0 Å². The molecule has 1 aromatic rings. The zero-order valence-electron chi connectivity index (χ0n) is 14.4. The van der Waals surface area contributed by atoms with Crippen molar-refractivity contribution in [1.82, 2.24) is 9.80 Å². The lowest BCUT2D eigenvalue weighted by molar-refractivity contribution is -0.145. The molecule has 0 unspecified atom stereocenters. The SMILES string of the molecule is Cc1ccc(C(=O)N(C)CC(=O)N2CCC(C(=O)O)CC2)c(C)c1. The van der Waals surface area contributed by atoms with Gasteiger partial charge in [-0.15, -0.1) is 0 Å². The van der Waals surface area contributed by atoms with Crippen LogP contribution in [-0.2, 0) is 9.59 Å². The van der Waals surface area contributed by atoms with E-state index in [0.717, 1.165) is 11.1 Å². The van der Waals surface area contributed by atoms with Crippen LogP contribution in [0.5, 0.6) is 0 Å². The number of carboxylic acid groups (broad SMARTS) is 1. The maximum absolute atomic E-state index is 12.5. The third-order valence-electron chi connectivity index (χ3n) is 4.53. The number of carbonyl (C=O) groups excluding carboxylic acids is 2. The molecule has 6 heteroatoms. The Bertz CT molecular complexity index is 648. The number of likely N-dealkylation sites (N-methyl/N-ethyl adjacent to an activating group) is 1. The van der Waals surface area contributed by atoms with E-state index in [0.29, 0.717) is 31.5 Å². The third-order valence-corrected chi connectivity index (χ3v) is 4.53. The summed E-state index contributed by atoms with van der Waals surface area (Å²) in [6.07, 6.45) is 0.936. The molecule has 0 aromatic heterocycles. The van der Waals surface area contributed by atoms with Crippen LogP contribution < -0.4 is 0 Å². The number of carbonyl (C=O) groups is 3. The largest absolute Gasteiger partial charge is 0.481 e. The fraction of sp³-hybridized carbons (Fsp3) is 0.500. The summed E-state index contributed by atoms with van der Waals surface area (Å²) in [5.74, 6) is -1.49. The summed E-state index contributed by atoms with van der Waals surface area (Å²) < 4.78 is 0. The summed E-state index contributed by atoms with van der Waals surface area (Å²) in [4.78, 5) is 38.9. The molecule has 0 atom stereocenters. The van der Waals surface area contributed by atoms with E-state index < -0.39 is 5.97 Å². The number of aryl methyl sites for hydroxylation is 2. The molecule has 1 fully saturated rings. The van der Waals surface area contributed by atoms with Gasteiger partial charge in [0.25, 0.3) is 5.91 Å². The fourth-order valence-electron chi connectivity index (χ4n) is 3.01. The first-order chi connectivity index (χ1) is 11.3. The summed E-state index contributed by atoms with van der Waals surface area (Å²) in [6, 6.07) is 5.61. The lowest BCUT2D eigenvalue weighted by atomic mass is 9.97. The predicted molar refractivity (Wildman–Crippen MR) is 89.8 cm³/mol. The zero-order chi connectivity index (χ0) is 17.9. The summed E-state index contributed by atoms with van der Waals surface area (Å²) in [5, 5.41) is 9.00. The van der Waals surface area contributed by atoms with Crippen LogP contribution in [0.4, 0.5) is 0 Å². The number of amides is 2. The minimum atomic E-state index is -0.802. The van der Waals surface area contributed by atoms with Crippen LogP contribution in [0.1, 0.15) is 34.3 Å². The molecule has 6 nitrogen and oxygen atoms in total. The van der Waals surface area contributed by atoms with E-state index in [1.807, 2.05) is 26.0 Å². The molecule has 1 saturated heterocycles. The zero-order valence-corrected chi connectivity index (χ0v) is 14.4. The summed E-state index contributed by atoms with van der Waals surface area (Å²) in [6.45, 7) is 4.72. The van der Waals surface area contributed by atoms with Crippen LogP contribution in [0.2, 0.25) is 0 Å². The van der Waals surface area contributed by atoms with Crippen molar-refractivity contribution >= 4 is 17.8 Å². The molecule has 0 radical (unpaired) electrons. The van der Waals surface area contributed by atoms with Crippen molar-refractivity contribution in [2.45, 2.75) is 26.7 Å². The van der Waals surface area contributed by atoms with Gasteiger partial charge < -0.3 is 14.9 Å². The maximum atomic E-state index is 12.5. The molecular formula is C18H24N2O4. The number of aliphatic carboxylic acids is 1.